The minimum Gasteiger partial charge on any atom is -0.271 e. The van der Waals surface area contributed by atoms with Gasteiger partial charge in [0.15, 0.2) is 0 Å². The summed E-state index contributed by atoms with van der Waals surface area (Å²) in [5.74, 6) is 5.75. The van der Waals surface area contributed by atoms with E-state index < -0.39 is 0 Å². The largest absolute Gasteiger partial charge is 0.271 e. The zero-order valence-electron chi connectivity index (χ0n) is 10.6. The van der Waals surface area contributed by atoms with Crippen LogP contribution in [0.2, 0.25) is 0 Å². The quantitative estimate of drug-likeness (QED) is 0.431. The van der Waals surface area contributed by atoms with Crippen molar-refractivity contribution >= 4 is 38.5 Å². The van der Waals surface area contributed by atoms with Crippen LogP contribution in [-0.4, -0.2) is 9.78 Å². The van der Waals surface area contributed by atoms with Crippen LogP contribution in [-0.2, 0) is 6.54 Å². The average Bonchev–Trinajstić information content (AvgIpc) is 2.76. The van der Waals surface area contributed by atoms with Crippen molar-refractivity contribution in [2.24, 2.45) is 5.84 Å². The van der Waals surface area contributed by atoms with Crippen molar-refractivity contribution in [1.29, 1.82) is 0 Å². The molecule has 0 radical (unpaired) electrons. The first-order chi connectivity index (χ1) is 9.17. The van der Waals surface area contributed by atoms with E-state index in [0.717, 1.165) is 28.7 Å². The molecule has 2 rings (SSSR count). The number of hydrogen-bond acceptors (Lipinski definition) is 3. The van der Waals surface area contributed by atoms with Crippen molar-refractivity contribution in [3.8, 4) is 0 Å². The predicted octanol–water partition coefficient (Wildman–Crippen LogP) is 3.21. The van der Waals surface area contributed by atoms with Crippen LogP contribution < -0.4 is 11.3 Å². The molecule has 0 saturated heterocycles. The molecule has 19 heavy (non-hydrogen) atoms. The van der Waals surface area contributed by atoms with Crippen LogP contribution in [0.15, 0.2) is 34.9 Å². The number of aromatic nitrogens is 2. The van der Waals surface area contributed by atoms with E-state index in [1.807, 2.05) is 10.9 Å². The Morgan fingerprint density at radius 2 is 2.11 bits per heavy atom. The predicted molar refractivity (Wildman–Crippen MR) is 88.5 cm³/mol. The van der Waals surface area contributed by atoms with Gasteiger partial charge in [-0.05, 0) is 62.6 Å². The topological polar surface area (TPSA) is 55.9 Å². The molecule has 2 aromatic rings. The summed E-state index contributed by atoms with van der Waals surface area (Å²) >= 11 is 5.85. The molecule has 1 aromatic carbocycles. The van der Waals surface area contributed by atoms with E-state index >= 15 is 0 Å². The van der Waals surface area contributed by atoms with Crippen molar-refractivity contribution in [3.05, 3.63) is 49.8 Å². The van der Waals surface area contributed by atoms with Gasteiger partial charge in [-0.2, -0.15) is 5.10 Å². The smallest absolute Gasteiger partial charge is 0.0889 e. The fourth-order valence-electron chi connectivity index (χ4n) is 2.04. The Bertz CT molecular complexity index is 538. The molecule has 1 aromatic heterocycles. The Balaban J connectivity index is 2.41. The lowest BCUT2D eigenvalue weighted by Crippen LogP contribution is -2.31. The van der Waals surface area contributed by atoms with Crippen LogP contribution in [0, 0.1) is 3.57 Å². The van der Waals surface area contributed by atoms with E-state index in [1.165, 1.54) is 3.57 Å². The molecule has 6 heteroatoms. The van der Waals surface area contributed by atoms with E-state index in [9.17, 15) is 0 Å². The molecule has 102 valence electrons. The number of benzene rings is 1. The number of hydrogen-bond donors (Lipinski definition) is 2. The molecule has 0 aliphatic rings. The fraction of sp³-hybridized carbons (Fsp3) is 0.308. The first-order valence-corrected chi connectivity index (χ1v) is 7.97. The average molecular weight is 435 g/mol. The number of nitrogens with two attached hydrogens (primary N) is 1. The second kappa shape index (κ2) is 6.83. The van der Waals surface area contributed by atoms with Crippen LogP contribution >= 0.6 is 38.5 Å². The summed E-state index contributed by atoms with van der Waals surface area (Å²) in [6, 6.07) is 8.26. The van der Waals surface area contributed by atoms with Gasteiger partial charge >= 0.3 is 0 Å². The van der Waals surface area contributed by atoms with Crippen molar-refractivity contribution in [2.75, 3.05) is 0 Å². The highest BCUT2D eigenvalue weighted by atomic mass is 127. The van der Waals surface area contributed by atoms with Gasteiger partial charge in [-0.3, -0.25) is 10.5 Å². The number of nitrogens with one attached hydrogen (secondary N) is 1. The van der Waals surface area contributed by atoms with Gasteiger partial charge in [0.25, 0.3) is 0 Å². The molecule has 1 unspecified atom stereocenters. The minimum atomic E-state index is -0.0691. The Kier molecular flexibility index (Phi) is 5.37. The van der Waals surface area contributed by atoms with Crippen molar-refractivity contribution in [2.45, 2.75) is 25.9 Å². The second-order valence-electron chi connectivity index (χ2n) is 4.25. The molecule has 4 nitrogen and oxygen atoms in total. The molecule has 0 bridgehead atoms. The normalized spacial score (nSPS) is 12.6. The third kappa shape index (κ3) is 3.36. The van der Waals surface area contributed by atoms with Crippen molar-refractivity contribution < 1.29 is 0 Å². The Hall–Kier alpha value is -0.440. The van der Waals surface area contributed by atoms with E-state index in [4.69, 9.17) is 5.84 Å². The summed E-state index contributed by atoms with van der Waals surface area (Å²) < 4.78 is 4.17. The number of halogens is 2. The summed E-state index contributed by atoms with van der Waals surface area (Å²) in [6.45, 7) is 3.01. The summed E-state index contributed by atoms with van der Waals surface area (Å²) in [5.41, 5.74) is 5.07. The summed E-state index contributed by atoms with van der Waals surface area (Å²) in [4.78, 5) is 0. The zero-order chi connectivity index (χ0) is 13.8. The van der Waals surface area contributed by atoms with Crippen molar-refractivity contribution in [3.63, 3.8) is 0 Å². The fourth-order valence-corrected chi connectivity index (χ4v) is 2.92. The SMILES string of the molecule is CCCn1ncc(Br)c1C(NN)c1ccc(I)cc1. The first kappa shape index (κ1) is 15.0. The van der Waals surface area contributed by atoms with Gasteiger partial charge in [0.1, 0.15) is 0 Å². The second-order valence-corrected chi connectivity index (χ2v) is 6.35. The monoisotopic (exact) mass is 434 g/mol. The van der Waals surface area contributed by atoms with Gasteiger partial charge in [0.05, 0.1) is 22.4 Å². The van der Waals surface area contributed by atoms with E-state index in [-0.39, 0.29) is 6.04 Å². The molecule has 0 aliphatic carbocycles. The molecule has 0 amide bonds. The van der Waals surface area contributed by atoms with Gasteiger partial charge < -0.3 is 0 Å². The number of aryl methyl sites for hydroxylation is 1. The van der Waals surface area contributed by atoms with Gasteiger partial charge in [0.2, 0.25) is 0 Å². The summed E-state index contributed by atoms with van der Waals surface area (Å²) in [6.07, 6.45) is 2.85. The van der Waals surface area contributed by atoms with Crippen LogP contribution in [0.25, 0.3) is 0 Å². The van der Waals surface area contributed by atoms with Gasteiger partial charge in [-0.15, -0.1) is 0 Å². The Morgan fingerprint density at radius 3 is 2.68 bits per heavy atom. The highest BCUT2D eigenvalue weighted by Crippen LogP contribution is 2.28. The van der Waals surface area contributed by atoms with Crippen LogP contribution in [0.3, 0.4) is 0 Å². The van der Waals surface area contributed by atoms with Crippen LogP contribution in [0.5, 0.6) is 0 Å². The molecule has 0 spiro atoms. The Labute approximate surface area is 135 Å². The van der Waals surface area contributed by atoms with Crippen molar-refractivity contribution in [1.82, 2.24) is 15.2 Å². The van der Waals surface area contributed by atoms with Crippen LogP contribution in [0.1, 0.15) is 30.6 Å². The maximum Gasteiger partial charge on any atom is 0.0889 e. The van der Waals surface area contributed by atoms with E-state index in [1.54, 1.807) is 0 Å². The number of rotatable bonds is 5. The van der Waals surface area contributed by atoms with E-state index in [0.29, 0.717) is 0 Å². The molecule has 0 aliphatic heterocycles. The molecular weight excluding hydrogens is 419 g/mol. The Morgan fingerprint density at radius 1 is 1.42 bits per heavy atom. The molecule has 0 fully saturated rings. The lowest BCUT2D eigenvalue weighted by molar-refractivity contribution is 0.519. The minimum absolute atomic E-state index is 0.0691. The maximum atomic E-state index is 5.75. The molecule has 0 saturated carbocycles. The zero-order valence-corrected chi connectivity index (χ0v) is 14.3. The molecular formula is C13H16BrIN4. The number of hydrazine groups is 1. The lowest BCUT2D eigenvalue weighted by atomic mass is 10.0. The lowest BCUT2D eigenvalue weighted by Gasteiger charge is -2.19. The van der Waals surface area contributed by atoms with E-state index in [2.05, 4.69) is 80.2 Å². The molecule has 3 N–H and O–H groups in total. The summed E-state index contributed by atoms with van der Waals surface area (Å²) in [5, 5.41) is 4.39. The first-order valence-electron chi connectivity index (χ1n) is 6.10. The highest BCUT2D eigenvalue weighted by molar-refractivity contribution is 14.1. The standard InChI is InChI=1S/C13H16BrIN4/c1-2-7-19-13(11(14)8-17-19)12(18-16)9-3-5-10(15)6-4-9/h3-6,8,12,18H,2,7,16H2,1H3. The maximum absolute atomic E-state index is 5.75. The highest BCUT2D eigenvalue weighted by Gasteiger charge is 2.20. The van der Waals surface area contributed by atoms with Gasteiger partial charge in [-0.1, -0.05) is 19.1 Å². The third-order valence-electron chi connectivity index (χ3n) is 2.91. The van der Waals surface area contributed by atoms with Gasteiger partial charge in [-0.25, -0.2) is 5.43 Å². The van der Waals surface area contributed by atoms with Crippen LogP contribution in [0.4, 0.5) is 0 Å². The summed E-state index contributed by atoms with van der Waals surface area (Å²) in [7, 11) is 0. The third-order valence-corrected chi connectivity index (χ3v) is 4.24. The number of nitrogens with zero attached hydrogens (tertiary/aromatic N) is 2. The molecule has 1 heterocycles. The van der Waals surface area contributed by atoms with Gasteiger partial charge in [0, 0.05) is 10.1 Å². The molecule has 1 atom stereocenters.